The molecule has 1 saturated heterocycles. The molecule has 2 heterocycles. The third-order valence-corrected chi connectivity index (χ3v) is 5.37. The van der Waals surface area contributed by atoms with E-state index in [4.69, 9.17) is 0 Å². The lowest BCUT2D eigenvalue weighted by Crippen LogP contribution is -2.60. The van der Waals surface area contributed by atoms with Crippen molar-refractivity contribution < 1.29 is 19.8 Å². The molecule has 0 radical (unpaired) electrons. The number of nitrogens with zero attached hydrogens (tertiary/aromatic N) is 2. The van der Waals surface area contributed by atoms with E-state index in [1.807, 2.05) is 24.3 Å². The molecule has 0 bridgehead atoms. The predicted molar refractivity (Wildman–Crippen MR) is 87.9 cm³/mol. The van der Waals surface area contributed by atoms with Crippen molar-refractivity contribution in [3.05, 3.63) is 41.1 Å². The number of aliphatic imine (C=N–C) groups is 1. The number of hydrogen-bond acceptors (Lipinski definition) is 5. The number of amides is 1. The summed E-state index contributed by atoms with van der Waals surface area (Å²) in [5.74, 6) is -2.05. The first-order chi connectivity index (χ1) is 11.0. The van der Waals surface area contributed by atoms with Gasteiger partial charge < -0.3 is 10.2 Å². The van der Waals surface area contributed by atoms with Gasteiger partial charge in [-0.3, -0.25) is 14.7 Å². The minimum absolute atomic E-state index is 0.0150. The number of carboxylic acids is 1. The number of benzene rings is 1. The van der Waals surface area contributed by atoms with Gasteiger partial charge in [0, 0.05) is 23.7 Å². The number of aliphatic hydroxyl groups excluding tert-OH is 1. The van der Waals surface area contributed by atoms with Crippen LogP contribution in [0, 0.1) is 5.92 Å². The fourth-order valence-electron chi connectivity index (χ4n) is 2.93. The van der Waals surface area contributed by atoms with Crippen LogP contribution in [-0.4, -0.2) is 51.7 Å². The molecule has 3 rings (SSSR count). The first kappa shape index (κ1) is 15.8. The van der Waals surface area contributed by atoms with Gasteiger partial charge in [-0.25, -0.2) is 4.79 Å². The minimum atomic E-state index is -1.14. The van der Waals surface area contributed by atoms with Gasteiger partial charge in [0.1, 0.15) is 11.1 Å². The molecule has 6 nitrogen and oxygen atoms in total. The highest BCUT2D eigenvalue weighted by atomic mass is 32.2. The maximum absolute atomic E-state index is 12.2. The molecule has 0 saturated carbocycles. The van der Waals surface area contributed by atoms with Crippen LogP contribution >= 0.6 is 11.8 Å². The fourth-order valence-corrected chi connectivity index (χ4v) is 4.58. The first-order valence-electron chi connectivity index (χ1n) is 7.14. The molecule has 1 aromatic carbocycles. The van der Waals surface area contributed by atoms with Gasteiger partial charge in [-0.2, -0.15) is 0 Å². The van der Waals surface area contributed by atoms with Crippen LogP contribution in [-0.2, 0) is 9.59 Å². The predicted octanol–water partition coefficient (Wildman–Crippen LogP) is 1.40. The highest BCUT2D eigenvalue weighted by Gasteiger charge is 2.57. The number of carbonyl (C=O) groups is 2. The number of thioether (sulfide) groups is 1. The van der Waals surface area contributed by atoms with Crippen LogP contribution < -0.4 is 0 Å². The lowest BCUT2D eigenvalue weighted by Gasteiger charge is -2.43. The summed E-state index contributed by atoms with van der Waals surface area (Å²) in [4.78, 5) is 29.7. The van der Waals surface area contributed by atoms with Gasteiger partial charge in [0.25, 0.3) is 0 Å². The fraction of sp³-hybridized carbons (Fsp3) is 0.312. The summed E-state index contributed by atoms with van der Waals surface area (Å²) in [5.41, 5.74) is 1.51. The second kappa shape index (κ2) is 5.82. The average molecular weight is 332 g/mol. The molecule has 1 aromatic rings. The number of hydrogen-bond donors (Lipinski definition) is 2. The van der Waals surface area contributed by atoms with E-state index in [9.17, 15) is 19.8 Å². The maximum atomic E-state index is 12.2. The van der Waals surface area contributed by atoms with E-state index in [1.165, 1.54) is 16.7 Å². The molecule has 1 fully saturated rings. The molecule has 7 heteroatoms. The molecule has 0 aliphatic carbocycles. The summed E-state index contributed by atoms with van der Waals surface area (Å²) in [6.07, 6.45) is 0.851. The molecule has 2 aliphatic rings. The lowest BCUT2D eigenvalue weighted by atomic mass is 9.92. The van der Waals surface area contributed by atoms with Gasteiger partial charge in [-0.15, -0.1) is 0 Å². The zero-order valence-corrected chi connectivity index (χ0v) is 13.4. The Labute approximate surface area is 137 Å². The molecule has 120 valence electrons. The number of carboxylic acid groups (broad SMARTS) is 1. The van der Waals surface area contributed by atoms with Crippen LogP contribution in [0.2, 0.25) is 0 Å². The van der Waals surface area contributed by atoms with E-state index < -0.39 is 18.0 Å². The van der Waals surface area contributed by atoms with E-state index in [0.717, 1.165) is 11.1 Å². The molecule has 3 atom stereocenters. The van der Waals surface area contributed by atoms with Crippen LogP contribution in [0.1, 0.15) is 18.1 Å². The first-order valence-corrected chi connectivity index (χ1v) is 8.02. The summed E-state index contributed by atoms with van der Waals surface area (Å²) in [6, 6.07) is 7.33. The summed E-state index contributed by atoms with van der Waals surface area (Å²) in [7, 11) is 1.64. The summed E-state index contributed by atoms with van der Waals surface area (Å²) < 4.78 is 0. The highest BCUT2D eigenvalue weighted by Crippen LogP contribution is 2.54. The van der Waals surface area contributed by atoms with Crippen LogP contribution in [0.15, 0.2) is 35.0 Å². The molecular weight excluding hydrogens is 316 g/mol. The van der Waals surface area contributed by atoms with Gasteiger partial charge in [-0.05, 0) is 12.5 Å². The number of aliphatic hydroxyl groups is 1. The number of aliphatic carboxylic acids is 1. The highest BCUT2D eigenvalue weighted by molar-refractivity contribution is 8.09. The van der Waals surface area contributed by atoms with Gasteiger partial charge in [0.05, 0.1) is 12.0 Å². The standard InChI is InChI=1S/C16H16N2O4S/c1-8(19)11-14(20)18-12(16(21)22)13(23-15(11)18)10-6-4-3-5-9(10)7-17-2/h3-8,11,15,19H,1-2H3,(H,21,22)/b17-7-/t8-,11+,15-/m1/s1. The normalized spacial score (nSPS) is 24.8. The number of rotatable bonds is 4. The molecule has 2 N–H and O–H groups in total. The SMILES string of the molecule is C/N=C\c1ccccc1C1=C(C(=O)O)N2C(=O)[C@H]([C@@H](C)O)[C@H]2S1. The molecule has 0 aromatic heterocycles. The number of carbonyl (C=O) groups excluding carboxylic acids is 1. The van der Waals surface area contributed by atoms with Crippen molar-refractivity contribution in [2.45, 2.75) is 18.4 Å². The minimum Gasteiger partial charge on any atom is -0.477 e. The largest absolute Gasteiger partial charge is 0.477 e. The zero-order chi connectivity index (χ0) is 16.7. The maximum Gasteiger partial charge on any atom is 0.353 e. The molecule has 1 amide bonds. The van der Waals surface area contributed by atoms with Crippen LogP contribution in [0.3, 0.4) is 0 Å². The molecule has 2 aliphatic heterocycles. The smallest absolute Gasteiger partial charge is 0.353 e. The van der Waals surface area contributed by atoms with Crippen molar-refractivity contribution in [3.8, 4) is 0 Å². The van der Waals surface area contributed by atoms with Crippen LogP contribution in [0.25, 0.3) is 4.91 Å². The molecule has 0 unspecified atom stereocenters. The van der Waals surface area contributed by atoms with Crippen molar-refractivity contribution in [3.63, 3.8) is 0 Å². The third kappa shape index (κ3) is 2.36. The van der Waals surface area contributed by atoms with E-state index in [-0.39, 0.29) is 17.0 Å². The van der Waals surface area contributed by atoms with Crippen LogP contribution in [0.5, 0.6) is 0 Å². The summed E-state index contributed by atoms with van der Waals surface area (Å²) in [5, 5.41) is 19.0. The topological polar surface area (TPSA) is 90.2 Å². The van der Waals surface area contributed by atoms with Gasteiger partial charge in [0.2, 0.25) is 5.91 Å². The van der Waals surface area contributed by atoms with Crippen molar-refractivity contribution in [1.29, 1.82) is 0 Å². The van der Waals surface area contributed by atoms with E-state index in [0.29, 0.717) is 4.91 Å². The van der Waals surface area contributed by atoms with E-state index >= 15 is 0 Å². The van der Waals surface area contributed by atoms with Gasteiger partial charge >= 0.3 is 5.97 Å². The number of β-lactam (4-membered cyclic amide) rings is 1. The second-order valence-electron chi connectivity index (χ2n) is 5.44. The quantitative estimate of drug-likeness (QED) is 0.642. The van der Waals surface area contributed by atoms with Crippen molar-refractivity contribution in [2.75, 3.05) is 7.05 Å². The molecule has 23 heavy (non-hydrogen) atoms. The van der Waals surface area contributed by atoms with Crippen LogP contribution in [0.4, 0.5) is 0 Å². The Morgan fingerprint density at radius 3 is 2.74 bits per heavy atom. The molecular formula is C16H16N2O4S. The Morgan fingerprint density at radius 1 is 1.43 bits per heavy atom. The van der Waals surface area contributed by atoms with E-state index in [1.54, 1.807) is 20.2 Å². The summed E-state index contributed by atoms with van der Waals surface area (Å²) >= 11 is 1.31. The Morgan fingerprint density at radius 2 is 2.13 bits per heavy atom. The Kier molecular flexibility index (Phi) is 3.99. The second-order valence-corrected chi connectivity index (χ2v) is 6.57. The molecule has 0 spiro atoms. The van der Waals surface area contributed by atoms with E-state index in [2.05, 4.69) is 4.99 Å². The van der Waals surface area contributed by atoms with Gasteiger partial charge in [-0.1, -0.05) is 36.0 Å². The Bertz CT molecular complexity index is 741. The Hall–Kier alpha value is -2.12. The van der Waals surface area contributed by atoms with Crippen molar-refractivity contribution >= 4 is 34.8 Å². The lowest BCUT2D eigenvalue weighted by molar-refractivity contribution is -0.156. The average Bonchev–Trinajstić information content (AvgIpc) is 2.83. The van der Waals surface area contributed by atoms with Crippen molar-refractivity contribution in [2.24, 2.45) is 10.9 Å². The van der Waals surface area contributed by atoms with Gasteiger partial charge in [0.15, 0.2) is 0 Å². The van der Waals surface area contributed by atoms with Crippen molar-refractivity contribution in [1.82, 2.24) is 4.90 Å². The zero-order valence-electron chi connectivity index (χ0n) is 12.6. The summed E-state index contributed by atoms with van der Waals surface area (Å²) in [6.45, 7) is 1.55. The third-order valence-electron chi connectivity index (χ3n) is 3.97. The monoisotopic (exact) mass is 332 g/mol. The number of fused-ring (bicyclic) bond motifs is 1. The Balaban J connectivity index is 2.09.